The van der Waals surface area contributed by atoms with Crippen molar-refractivity contribution in [1.82, 2.24) is 18.7 Å². The van der Waals surface area contributed by atoms with E-state index in [1.165, 1.54) is 10.6 Å². The monoisotopic (exact) mass is 486 g/mol. The van der Waals surface area contributed by atoms with Crippen LogP contribution in [0.2, 0.25) is 0 Å². The van der Waals surface area contributed by atoms with Gasteiger partial charge in [-0.15, -0.1) is 5.92 Å². The van der Waals surface area contributed by atoms with Gasteiger partial charge in [-0.25, -0.2) is 13.8 Å². The first-order chi connectivity index (χ1) is 17.5. The van der Waals surface area contributed by atoms with Gasteiger partial charge in [-0.05, 0) is 38.0 Å². The molecular weight excluding hydrogens is 459 g/mol. The molecule has 1 atom stereocenters. The zero-order valence-corrected chi connectivity index (χ0v) is 20.0. The number of nitrogens with zero attached hydrogens (tertiary/aromatic N) is 5. The Bertz CT molecular complexity index is 1590. The highest BCUT2D eigenvalue weighted by Crippen LogP contribution is 2.24. The highest BCUT2D eigenvalue weighted by atomic mass is 19.1. The molecule has 1 saturated heterocycles. The lowest BCUT2D eigenvalue weighted by atomic mass is 10.1. The topological polar surface area (TPSA) is 91.1 Å². The molecule has 2 aromatic carbocycles. The third-order valence-electron chi connectivity index (χ3n) is 6.47. The quantitative estimate of drug-likeness (QED) is 0.438. The van der Waals surface area contributed by atoms with Crippen molar-refractivity contribution < 1.29 is 4.39 Å². The molecule has 9 heteroatoms. The van der Waals surface area contributed by atoms with Crippen molar-refractivity contribution in [3.63, 3.8) is 0 Å². The fourth-order valence-corrected chi connectivity index (χ4v) is 4.71. The van der Waals surface area contributed by atoms with Crippen molar-refractivity contribution >= 4 is 17.1 Å². The van der Waals surface area contributed by atoms with Crippen LogP contribution in [0, 0.1) is 17.7 Å². The second kappa shape index (κ2) is 9.84. The zero-order valence-electron chi connectivity index (χ0n) is 20.0. The minimum Gasteiger partial charge on any atom is -0.341 e. The van der Waals surface area contributed by atoms with E-state index in [0.717, 1.165) is 24.0 Å². The summed E-state index contributed by atoms with van der Waals surface area (Å²) < 4.78 is 18.8. The molecule has 184 valence electrons. The van der Waals surface area contributed by atoms with Crippen LogP contribution in [0.5, 0.6) is 0 Å². The molecule has 1 fully saturated rings. The SMILES string of the molecule is CC#CCn1c(N2CCC[C@@H](N)C2)nc2c1c(=O)n(Cc1ccccc1F)c(=O)n2-c1ccccc1. The first kappa shape index (κ1) is 23.6. The normalized spacial score (nSPS) is 15.6. The van der Waals surface area contributed by atoms with Gasteiger partial charge < -0.3 is 10.6 Å². The van der Waals surface area contributed by atoms with Gasteiger partial charge in [0.05, 0.1) is 18.8 Å². The maximum absolute atomic E-state index is 14.5. The summed E-state index contributed by atoms with van der Waals surface area (Å²) in [6, 6.07) is 15.1. The van der Waals surface area contributed by atoms with Gasteiger partial charge in [-0.3, -0.25) is 13.9 Å². The smallest absolute Gasteiger partial charge is 0.337 e. The van der Waals surface area contributed by atoms with Crippen LogP contribution in [-0.2, 0) is 13.1 Å². The van der Waals surface area contributed by atoms with Crippen molar-refractivity contribution in [3.8, 4) is 17.5 Å². The van der Waals surface area contributed by atoms with E-state index in [-0.39, 0.29) is 35.9 Å². The summed E-state index contributed by atoms with van der Waals surface area (Å²) in [5.41, 5.74) is 6.41. The number of hydrogen-bond donors (Lipinski definition) is 1. The highest BCUT2D eigenvalue weighted by molar-refractivity contribution is 5.76. The molecule has 0 radical (unpaired) electrons. The number of hydrogen-bond acceptors (Lipinski definition) is 5. The zero-order chi connectivity index (χ0) is 25.2. The maximum atomic E-state index is 14.5. The van der Waals surface area contributed by atoms with Crippen molar-refractivity contribution in [3.05, 3.63) is 86.8 Å². The summed E-state index contributed by atoms with van der Waals surface area (Å²) in [7, 11) is 0. The van der Waals surface area contributed by atoms with E-state index >= 15 is 0 Å². The molecule has 0 aliphatic carbocycles. The van der Waals surface area contributed by atoms with Crippen LogP contribution in [0.4, 0.5) is 10.3 Å². The van der Waals surface area contributed by atoms with Crippen LogP contribution in [0.25, 0.3) is 16.9 Å². The van der Waals surface area contributed by atoms with Gasteiger partial charge in [0.2, 0.25) is 5.95 Å². The molecule has 0 saturated carbocycles. The summed E-state index contributed by atoms with van der Waals surface area (Å²) in [5, 5.41) is 0. The Morgan fingerprint density at radius 1 is 1.08 bits per heavy atom. The molecule has 4 aromatic rings. The molecule has 0 amide bonds. The van der Waals surface area contributed by atoms with Crippen LogP contribution >= 0.6 is 0 Å². The summed E-state index contributed by atoms with van der Waals surface area (Å²) in [6.45, 7) is 3.06. The number of aromatic nitrogens is 4. The molecule has 2 N–H and O–H groups in total. The Morgan fingerprint density at radius 2 is 1.83 bits per heavy atom. The Hall–Kier alpha value is -4.16. The summed E-state index contributed by atoms with van der Waals surface area (Å²) in [5.74, 6) is 5.98. The Balaban J connectivity index is 1.84. The summed E-state index contributed by atoms with van der Waals surface area (Å²) in [6.07, 6.45) is 1.81. The molecule has 2 aromatic heterocycles. The lowest BCUT2D eigenvalue weighted by Gasteiger charge is -2.31. The average molecular weight is 487 g/mol. The highest BCUT2D eigenvalue weighted by Gasteiger charge is 2.27. The summed E-state index contributed by atoms with van der Waals surface area (Å²) >= 11 is 0. The van der Waals surface area contributed by atoms with E-state index in [1.54, 1.807) is 41.8 Å². The number of nitrogens with two attached hydrogens (primary N) is 1. The second-order valence-corrected chi connectivity index (χ2v) is 8.88. The van der Waals surface area contributed by atoms with Gasteiger partial charge in [0.25, 0.3) is 5.56 Å². The van der Waals surface area contributed by atoms with Crippen LogP contribution in [0.15, 0.2) is 64.2 Å². The van der Waals surface area contributed by atoms with Crippen molar-refractivity contribution in [2.45, 2.75) is 38.9 Å². The third kappa shape index (κ3) is 4.20. The van der Waals surface area contributed by atoms with Gasteiger partial charge in [0.15, 0.2) is 11.2 Å². The van der Waals surface area contributed by atoms with Crippen molar-refractivity contribution in [2.24, 2.45) is 5.73 Å². The maximum Gasteiger partial charge on any atom is 0.337 e. The van der Waals surface area contributed by atoms with E-state index < -0.39 is 17.1 Å². The van der Waals surface area contributed by atoms with E-state index in [1.807, 2.05) is 23.1 Å². The van der Waals surface area contributed by atoms with Gasteiger partial charge in [-0.2, -0.15) is 4.98 Å². The Labute approximate surface area is 207 Å². The number of imidazole rings is 1. The number of rotatable bonds is 5. The van der Waals surface area contributed by atoms with Gasteiger partial charge in [-0.1, -0.05) is 42.3 Å². The number of benzene rings is 2. The minimum absolute atomic E-state index is 0.0155. The fourth-order valence-electron chi connectivity index (χ4n) is 4.71. The number of anilines is 1. The molecular formula is C27H27FN6O2. The molecule has 5 rings (SSSR count). The van der Waals surface area contributed by atoms with Crippen LogP contribution in [-0.4, -0.2) is 37.8 Å². The fraction of sp³-hybridized carbons (Fsp3) is 0.296. The molecule has 36 heavy (non-hydrogen) atoms. The predicted molar refractivity (Wildman–Crippen MR) is 138 cm³/mol. The van der Waals surface area contributed by atoms with E-state index in [9.17, 15) is 14.0 Å². The van der Waals surface area contributed by atoms with E-state index in [0.29, 0.717) is 18.2 Å². The molecule has 1 aliphatic heterocycles. The first-order valence-corrected chi connectivity index (χ1v) is 11.9. The Morgan fingerprint density at radius 3 is 2.56 bits per heavy atom. The lowest BCUT2D eigenvalue weighted by molar-refractivity contribution is 0.496. The van der Waals surface area contributed by atoms with Gasteiger partial charge >= 0.3 is 5.69 Å². The first-order valence-electron chi connectivity index (χ1n) is 11.9. The largest absolute Gasteiger partial charge is 0.341 e. The van der Waals surface area contributed by atoms with Gasteiger partial charge in [0.1, 0.15) is 5.82 Å². The van der Waals surface area contributed by atoms with Gasteiger partial charge in [0, 0.05) is 24.7 Å². The molecule has 1 aliphatic rings. The standard InChI is InChI=1S/C27H27FN6O2/c1-2-3-16-32-23-24(30-26(32)31-15-9-11-20(29)18-31)34(21-12-5-4-6-13-21)27(36)33(25(23)35)17-19-10-7-8-14-22(19)28/h4-8,10,12-14,20H,9,11,15-18,29H2,1H3/t20-/m1/s1. The van der Waals surface area contributed by atoms with E-state index in [2.05, 4.69) is 11.8 Å². The molecule has 8 nitrogen and oxygen atoms in total. The minimum atomic E-state index is -0.588. The van der Waals surface area contributed by atoms with Crippen LogP contribution in [0.1, 0.15) is 25.3 Å². The number of halogens is 1. The lowest BCUT2D eigenvalue weighted by Crippen LogP contribution is -2.44. The second-order valence-electron chi connectivity index (χ2n) is 8.88. The van der Waals surface area contributed by atoms with Crippen LogP contribution in [0.3, 0.4) is 0 Å². The van der Waals surface area contributed by atoms with E-state index in [4.69, 9.17) is 10.7 Å². The van der Waals surface area contributed by atoms with Crippen molar-refractivity contribution in [1.29, 1.82) is 0 Å². The molecule has 3 heterocycles. The van der Waals surface area contributed by atoms with Crippen LogP contribution < -0.4 is 21.9 Å². The molecule has 0 spiro atoms. The number of para-hydroxylation sites is 1. The van der Waals surface area contributed by atoms with Crippen molar-refractivity contribution in [2.75, 3.05) is 18.0 Å². The Kier molecular flexibility index (Phi) is 6.44. The number of piperidine rings is 1. The molecule has 0 bridgehead atoms. The molecule has 0 unspecified atom stereocenters. The average Bonchev–Trinajstić information content (AvgIpc) is 3.26. The number of fused-ring (bicyclic) bond motifs is 1. The predicted octanol–water partition coefficient (Wildman–Crippen LogP) is 2.49. The summed E-state index contributed by atoms with van der Waals surface area (Å²) in [4.78, 5) is 34.5. The third-order valence-corrected chi connectivity index (χ3v) is 6.47.